The topological polar surface area (TPSA) is 71.5 Å². The predicted octanol–water partition coefficient (Wildman–Crippen LogP) is 4.52. The molecule has 2 amide bonds. The molecule has 0 radical (unpaired) electrons. The van der Waals surface area contributed by atoms with Crippen molar-refractivity contribution in [1.82, 2.24) is 15.2 Å². The summed E-state index contributed by atoms with van der Waals surface area (Å²) in [7, 11) is 0. The molecule has 0 bridgehead atoms. The van der Waals surface area contributed by atoms with Gasteiger partial charge in [0.25, 0.3) is 5.91 Å². The number of hydrogen-bond donors (Lipinski definition) is 1. The number of likely N-dealkylation sites (tertiary alicyclic amines) is 1. The molecule has 2 heterocycles. The van der Waals surface area contributed by atoms with Crippen molar-refractivity contribution in [3.05, 3.63) is 54.2 Å². The van der Waals surface area contributed by atoms with E-state index < -0.39 is 11.7 Å². The first-order valence-corrected chi connectivity index (χ1v) is 10.4. The minimum atomic E-state index is -0.523. The Bertz CT molecular complexity index is 1100. The van der Waals surface area contributed by atoms with Gasteiger partial charge in [-0.3, -0.25) is 9.78 Å². The van der Waals surface area contributed by atoms with Gasteiger partial charge in [-0.1, -0.05) is 30.3 Å². The van der Waals surface area contributed by atoms with Gasteiger partial charge in [0.2, 0.25) is 0 Å². The Morgan fingerprint density at radius 2 is 1.77 bits per heavy atom. The van der Waals surface area contributed by atoms with E-state index in [2.05, 4.69) is 16.4 Å². The van der Waals surface area contributed by atoms with E-state index in [9.17, 15) is 9.59 Å². The quantitative estimate of drug-likeness (QED) is 0.637. The van der Waals surface area contributed by atoms with Crippen LogP contribution in [0.15, 0.2) is 48.7 Å². The zero-order valence-corrected chi connectivity index (χ0v) is 17.6. The van der Waals surface area contributed by atoms with Crippen molar-refractivity contribution in [1.29, 1.82) is 0 Å². The highest BCUT2D eigenvalue weighted by Crippen LogP contribution is 2.28. The number of fused-ring (bicyclic) bond motifs is 3. The molecule has 2 aromatic carbocycles. The van der Waals surface area contributed by atoms with Crippen molar-refractivity contribution in [2.75, 3.05) is 13.1 Å². The van der Waals surface area contributed by atoms with Crippen molar-refractivity contribution in [2.24, 2.45) is 0 Å². The number of nitrogens with zero attached hydrogens (tertiary/aromatic N) is 2. The average molecular weight is 405 g/mol. The van der Waals surface area contributed by atoms with Gasteiger partial charge in [0, 0.05) is 30.7 Å². The van der Waals surface area contributed by atoms with E-state index in [-0.39, 0.29) is 11.9 Å². The van der Waals surface area contributed by atoms with Crippen molar-refractivity contribution in [2.45, 2.75) is 45.3 Å². The number of benzene rings is 2. The lowest BCUT2D eigenvalue weighted by molar-refractivity contribution is 0.0474. The van der Waals surface area contributed by atoms with Gasteiger partial charge < -0.3 is 15.0 Å². The number of carbonyl (C=O) groups is 2. The van der Waals surface area contributed by atoms with Crippen LogP contribution in [0.2, 0.25) is 0 Å². The maximum Gasteiger partial charge on any atom is 0.407 e. The Morgan fingerprint density at radius 1 is 1.07 bits per heavy atom. The van der Waals surface area contributed by atoms with E-state index in [0.29, 0.717) is 31.5 Å². The minimum Gasteiger partial charge on any atom is -0.444 e. The Kier molecular flexibility index (Phi) is 5.33. The van der Waals surface area contributed by atoms with E-state index in [1.807, 2.05) is 62.1 Å². The normalized spacial score (nSPS) is 15.4. The minimum absolute atomic E-state index is 0.00960. The molecule has 3 aromatic rings. The lowest BCUT2D eigenvalue weighted by Crippen LogP contribution is -2.47. The van der Waals surface area contributed by atoms with Crippen LogP contribution in [0, 0.1) is 0 Å². The molecule has 0 spiro atoms. The van der Waals surface area contributed by atoms with Gasteiger partial charge in [-0.25, -0.2) is 4.79 Å². The predicted molar refractivity (Wildman–Crippen MR) is 118 cm³/mol. The van der Waals surface area contributed by atoms with Crippen molar-refractivity contribution in [3.63, 3.8) is 0 Å². The fourth-order valence-corrected chi connectivity index (χ4v) is 3.96. The molecule has 0 unspecified atom stereocenters. The number of hydrogen-bond acceptors (Lipinski definition) is 4. The van der Waals surface area contributed by atoms with Crippen LogP contribution in [0.4, 0.5) is 4.79 Å². The third-order valence-electron chi connectivity index (χ3n) is 5.35. The van der Waals surface area contributed by atoms with Crippen molar-refractivity contribution in [3.8, 4) is 0 Å². The molecule has 0 atom stereocenters. The van der Waals surface area contributed by atoms with Gasteiger partial charge in [0.1, 0.15) is 5.60 Å². The molecular formula is C24H27N3O3. The number of rotatable bonds is 2. The summed E-state index contributed by atoms with van der Waals surface area (Å²) in [6.45, 7) is 6.70. The van der Waals surface area contributed by atoms with Crippen LogP contribution in [0.3, 0.4) is 0 Å². The largest absolute Gasteiger partial charge is 0.444 e. The number of carbonyl (C=O) groups excluding carboxylic acids is 2. The van der Waals surface area contributed by atoms with Crippen LogP contribution >= 0.6 is 0 Å². The molecule has 30 heavy (non-hydrogen) atoms. The monoisotopic (exact) mass is 405 g/mol. The summed E-state index contributed by atoms with van der Waals surface area (Å²) in [4.78, 5) is 31.7. The van der Waals surface area contributed by atoms with Gasteiger partial charge in [0.05, 0.1) is 11.1 Å². The molecule has 6 nitrogen and oxygen atoms in total. The first-order chi connectivity index (χ1) is 14.3. The number of amides is 2. The smallest absolute Gasteiger partial charge is 0.407 e. The molecule has 4 rings (SSSR count). The summed E-state index contributed by atoms with van der Waals surface area (Å²) in [5.74, 6) is -0.0137. The molecule has 1 aliphatic heterocycles. The highest BCUT2D eigenvalue weighted by Gasteiger charge is 2.27. The summed E-state index contributed by atoms with van der Waals surface area (Å²) < 4.78 is 5.33. The van der Waals surface area contributed by atoms with Gasteiger partial charge in [-0.05, 0) is 56.5 Å². The molecule has 1 N–H and O–H groups in total. The zero-order valence-electron chi connectivity index (χ0n) is 17.6. The molecule has 1 aromatic heterocycles. The third kappa shape index (κ3) is 4.22. The van der Waals surface area contributed by atoms with Crippen molar-refractivity contribution >= 4 is 33.7 Å². The number of aromatic nitrogens is 1. The van der Waals surface area contributed by atoms with Crippen LogP contribution in [0.1, 0.15) is 44.0 Å². The average Bonchev–Trinajstić information content (AvgIpc) is 2.72. The first-order valence-electron chi connectivity index (χ1n) is 10.4. The number of alkyl carbamates (subject to hydrolysis) is 1. The van der Waals surface area contributed by atoms with Crippen LogP contribution in [0.5, 0.6) is 0 Å². The zero-order chi connectivity index (χ0) is 21.3. The lowest BCUT2D eigenvalue weighted by Gasteiger charge is -2.33. The Labute approximate surface area is 176 Å². The fourth-order valence-electron chi connectivity index (χ4n) is 3.96. The van der Waals surface area contributed by atoms with E-state index >= 15 is 0 Å². The molecular weight excluding hydrogens is 378 g/mol. The molecule has 0 aliphatic carbocycles. The molecule has 156 valence electrons. The van der Waals surface area contributed by atoms with Crippen molar-refractivity contribution < 1.29 is 14.3 Å². The van der Waals surface area contributed by atoms with E-state index in [0.717, 1.165) is 21.7 Å². The molecule has 1 fully saturated rings. The maximum absolute atomic E-state index is 13.3. The van der Waals surface area contributed by atoms with Crippen LogP contribution in [-0.4, -0.2) is 46.6 Å². The second-order valence-electron chi connectivity index (χ2n) is 8.76. The maximum atomic E-state index is 13.3. The highest BCUT2D eigenvalue weighted by molar-refractivity contribution is 6.15. The summed E-state index contributed by atoms with van der Waals surface area (Å²) in [5, 5.41) is 6.03. The third-order valence-corrected chi connectivity index (χ3v) is 5.35. The number of ether oxygens (including phenoxy) is 1. The van der Waals surface area contributed by atoms with E-state index in [1.54, 1.807) is 6.20 Å². The Hall–Kier alpha value is -3.15. The summed E-state index contributed by atoms with van der Waals surface area (Å²) in [5.41, 5.74) is 0.836. The standard InChI is InChI=1S/C24H27N3O3/c1-24(2,3)30-23(29)26-17-10-13-27(14-11-17)22(28)20-15-16-7-4-5-8-18(16)19-9-6-12-25-21(19)20/h4-9,12,15,17H,10-11,13-14H2,1-3H3,(H,26,29). The number of piperidine rings is 1. The summed E-state index contributed by atoms with van der Waals surface area (Å²) in [6, 6.07) is 13.9. The molecule has 1 aliphatic rings. The molecule has 6 heteroatoms. The highest BCUT2D eigenvalue weighted by atomic mass is 16.6. The van der Waals surface area contributed by atoms with Gasteiger partial charge in [0.15, 0.2) is 0 Å². The van der Waals surface area contributed by atoms with Crippen LogP contribution in [0.25, 0.3) is 21.7 Å². The SMILES string of the molecule is CC(C)(C)OC(=O)NC1CCN(C(=O)c2cc3ccccc3c3cccnc23)CC1. The van der Waals surface area contributed by atoms with E-state index in [4.69, 9.17) is 4.74 Å². The summed E-state index contributed by atoms with van der Waals surface area (Å²) in [6.07, 6.45) is 2.72. The van der Waals surface area contributed by atoms with E-state index in [1.165, 1.54) is 0 Å². The van der Waals surface area contributed by atoms with Gasteiger partial charge >= 0.3 is 6.09 Å². The Morgan fingerprint density at radius 3 is 2.50 bits per heavy atom. The van der Waals surface area contributed by atoms with Gasteiger partial charge in [-0.15, -0.1) is 0 Å². The second kappa shape index (κ2) is 7.94. The number of pyridine rings is 1. The second-order valence-corrected chi connectivity index (χ2v) is 8.76. The lowest BCUT2D eigenvalue weighted by atomic mass is 9.98. The number of nitrogens with one attached hydrogen (secondary N) is 1. The first kappa shape index (κ1) is 20.1. The summed E-state index contributed by atoms with van der Waals surface area (Å²) >= 11 is 0. The fraction of sp³-hybridized carbons (Fsp3) is 0.375. The van der Waals surface area contributed by atoms with Gasteiger partial charge in [-0.2, -0.15) is 0 Å². The molecule has 0 saturated carbocycles. The molecule has 1 saturated heterocycles. The Balaban J connectivity index is 1.51. The van der Waals surface area contributed by atoms with Crippen LogP contribution < -0.4 is 5.32 Å². The van der Waals surface area contributed by atoms with Crippen LogP contribution in [-0.2, 0) is 4.74 Å².